The van der Waals surface area contributed by atoms with Crippen LogP contribution in [0.4, 0.5) is 0 Å². The van der Waals surface area contributed by atoms with E-state index in [0.29, 0.717) is 6.42 Å². The van der Waals surface area contributed by atoms with Gasteiger partial charge in [-0.25, -0.2) is 0 Å². The Morgan fingerprint density at radius 2 is 0.732 bits per heavy atom. The highest BCUT2D eigenvalue weighted by Crippen LogP contribution is 2.16. The quantitative estimate of drug-likeness (QED) is 0.0425. The van der Waals surface area contributed by atoms with Gasteiger partial charge in [0.15, 0.2) is 0 Å². The third-order valence-electron chi connectivity index (χ3n) is 11.6. The number of carbonyl (C=O) groups is 1. The van der Waals surface area contributed by atoms with Gasteiger partial charge >= 0.3 is 0 Å². The molecule has 0 bridgehead atoms. The maximum absolute atomic E-state index is 12.4. The molecule has 0 aliphatic rings. The number of hydrogen-bond acceptors (Lipinski definition) is 3. The summed E-state index contributed by atoms with van der Waals surface area (Å²) < 4.78 is 0. The Balaban J connectivity index is 3.53. The van der Waals surface area contributed by atoms with Crippen molar-refractivity contribution >= 4 is 5.91 Å². The van der Waals surface area contributed by atoms with Gasteiger partial charge in [0.25, 0.3) is 0 Å². The fraction of sp³-hybridized carbons (Fsp3) is 0.865. The van der Waals surface area contributed by atoms with Gasteiger partial charge in [0.05, 0.1) is 18.8 Å². The molecule has 0 radical (unpaired) electrons. The molecule has 0 aliphatic carbocycles. The molecule has 0 aromatic carbocycles. The monoisotopic (exact) mass is 786 g/mol. The zero-order valence-electron chi connectivity index (χ0n) is 37.9. The van der Waals surface area contributed by atoms with Crippen molar-refractivity contribution in [1.82, 2.24) is 5.32 Å². The highest BCUT2D eigenvalue weighted by molar-refractivity contribution is 5.76. The van der Waals surface area contributed by atoms with E-state index >= 15 is 0 Å². The van der Waals surface area contributed by atoms with Crippen LogP contribution < -0.4 is 5.32 Å². The van der Waals surface area contributed by atoms with Crippen molar-refractivity contribution in [1.29, 1.82) is 0 Å². The molecule has 3 N–H and O–H groups in total. The van der Waals surface area contributed by atoms with Crippen molar-refractivity contribution in [2.45, 2.75) is 283 Å². The highest BCUT2D eigenvalue weighted by Gasteiger charge is 2.18. The standard InChI is InChI=1S/C52H99NO3/c1-3-5-7-9-11-13-15-17-19-21-23-25-26-28-29-31-33-35-37-39-41-43-45-47-51(55)50(49-54)53-52(56)48-46-44-42-40-38-36-34-32-30-27-24-22-20-18-16-14-12-10-8-6-4-2/h16,18,22,24,45,47,50-51,54-55H,3-15,17,19-21,23,25-44,46,48-49H2,1-2H3,(H,53,56)/b18-16-,24-22-,47-45+. The molecule has 0 rings (SSSR count). The molecular formula is C52H99NO3. The van der Waals surface area contributed by atoms with Gasteiger partial charge in [-0.15, -0.1) is 0 Å². The largest absolute Gasteiger partial charge is 0.394 e. The van der Waals surface area contributed by atoms with Crippen molar-refractivity contribution in [2.24, 2.45) is 0 Å². The number of carbonyl (C=O) groups excluding carboxylic acids is 1. The summed E-state index contributed by atoms with van der Waals surface area (Å²) in [6, 6.07) is -0.624. The van der Waals surface area contributed by atoms with Crippen LogP contribution in [0.15, 0.2) is 36.5 Å². The van der Waals surface area contributed by atoms with Gasteiger partial charge in [-0.05, 0) is 51.4 Å². The van der Waals surface area contributed by atoms with E-state index in [1.807, 2.05) is 6.08 Å². The number of allylic oxidation sites excluding steroid dienone is 5. The Labute approximate surface area is 351 Å². The first kappa shape index (κ1) is 54.6. The van der Waals surface area contributed by atoms with Crippen molar-refractivity contribution in [3.8, 4) is 0 Å². The first-order valence-corrected chi connectivity index (χ1v) is 25.2. The Hall–Kier alpha value is -1.39. The minimum Gasteiger partial charge on any atom is -0.394 e. The smallest absolute Gasteiger partial charge is 0.220 e. The summed E-state index contributed by atoms with van der Waals surface area (Å²) in [6.07, 6.45) is 64.2. The summed E-state index contributed by atoms with van der Waals surface area (Å²) in [5.74, 6) is -0.0660. The van der Waals surface area contributed by atoms with Gasteiger partial charge in [0.2, 0.25) is 5.91 Å². The van der Waals surface area contributed by atoms with Crippen LogP contribution in [0.25, 0.3) is 0 Å². The molecule has 0 aromatic heterocycles. The molecule has 0 saturated carbocycles. The molecule has 0 heterocycles. The molecule has 0 fully saturated rings. The average Bonchev–Trinajstić information content (AvgIpc) is 3.20. The van der Waals surface area contributed by atoms with Gasteiger partial charge in [-0.1, -0.05) is 249 Å². The van der Waals surface area contributed by atoms with E-state index < -0.39 is 12.1 Å². The Morgan fingerprint density at radius 3 is 1.07 bits per heavy atom. The number of amides is 1. The minimum absolute atomic E-state index is 0.0660. The van der Waals surface area contributed by atoms with Crippen molar-refractivity contribution < 1.29 is 15.0 Å². The van der Waals surface area contributed by atoms with Crippen LogP contribution >= 0.6 is 0 Å². The van der Waals surface area contributed by atoms with E-state index in [0.717, 1.165) is 32.1 Å². The molecule has 2 atom stereocenters. The van der Waals surface area contributed by atoms with Crippen molar-refractivity contribution in [2.75, 3.05) is 6.61 Å². The number of aliphatic hydroxyl groups excluding tert-OH is 2. The van der Waals surface area contributed by atoms with E-state index in [4.69, 9.17) is 0 Å². The lowest BCUT2D eigenvalue weighted by Crippen LogP contribution is -2.45. The Bertz CT molecular complexity index is 851. The van der Waals surface area contributed by atoms with Gasteiger partial charge in [-0.3, -0.25) is 4.79 Å². The first-order valence-electron chi connectivity index (χ1n) is 25.2. The lowest BCUT2D eigenvalue weighted by atomic mass is 10.0. The zero-order chi connectivity index (χ0) is 40.7. The summed E-state index contributed by atoms with van der Waals surface area (Å²) >= 11 is 0. The zero-order valence-corrected chi connectivity index (χ0v) is 37.9. The minimum atomic E-state index is -0.841. The second-order valence-electron chi connectivity index (χ2n) is 17.2. The fourth-order valence-corrected chi connectivity index (χ4v) is 7.74. The normalized spacial score (nSPS) is 13.1. The van der Waals surface area contributed by atoms with Crippen LogP contribution in [0.3, 0.4) is 0 Å². The summed E-state index contributed by atoms with van der Waals surface area (Å²) in [5, 5.41) is 23.1. The van der Waals surface area contributed by atoms with Gasteiger partial charge in [-0.2, -0.15) is 0 Å². The summed E-state index contributed by atoms with van der Waals surface area (Å²) in [7, 11) is 0. The van der Waals surface area contributed by atoms with E-state index in [-0.39, 0.29) is 12.5 Å². The molecule has 0 saturated heterocycles. The topological polar surface area (TPSA) is 69.6 Å². The molecule has 0 aromatic rings. The highest BCUT2D eigenvalue weighted by atomic mass is 16.3. The van der Waals surface area contributed by atoms with E-state index in [1.54, 1.807) is 6.08 Å². The van der Waals surface area contributed by atoms with Gasteiger partial charge in [0, 0.05) is 6.42 Å². The summed E-state index contributed by atoms with van der Waals surface area (Å²) in [6.45, 7) is 4.32. The van der Waals surface area contributed by atoms with Gasteiger partial charge in [0.1, 0.15) is 0 Å². The van der Waals surface area contributed by atoms with Crippen LogP contribution in [0.1, 0.15) is 271 Å². The summed E-state index contributed by atoms with van der Waals surface area (Å²) in [4.78, 5) is 12.4. The van der Waals surface area contributed by atoms with Crippen molar-refractivity contribution in [3.05, 3.63) is 36.5 Å². The lowest BCUT2D eigenvalue weighted by Gasteiger charge is -2.20. The molecular weight excluding hydrogens is 687 g/mol. The number of hydrogen-bond donors (Lipinski definition) is 3. The average molecular weight is 786 g/mol. The molecule has 0 aliphatic heterocycles. The molecule has 4 nitrogen and oxygen atoms in total. The Kier molecular flexibility index (Phi) is 46.8. The van der Waals surface area contributed by atoms with Crippen molar-refractivity contribution in [3.63, 3.8) is 0 Å². The van der Waals surface area contributed by atoms with Crippen LogP contribution in [0, 0.1) is 0 Å². The van der Waals surface area contributed by atoms with Crippen LogP contribution in [-0.4, -0.2) is 34.9 Å². The molecule has 1 amide bonds. The maximum Gasteiger partial charge on any atom is 0.220 e. The van der Waals surface area contributed by atoms with E-state index in [2.05, 4.69) is 43.5 Å². The number of nitrogens with one attached hydrogen (secondary N) is 1. The first-order chi connectivity index (χ1) is 27.7. The molecule has 4 heteroatoms. The van der Waals surface area contributed by atoms with E-state index in [1.165, 1.54) is 218 Å². The Morgan fingerprint density at radius 1 is 0.429 bits per heavy atom. The predicted molar refractivity (Wildman–Crippen MR) is 248 cm³/mol. The molecule has 0 spiro atoms. The second kappa shape index (κ2) is 48.0. The van der Waals surface area contributed by atoms with Crippen LogP contribution in [0.5, 0.6) is 0 Å². The lowest BCUT2D eigenvalue weighted by molar-refractivity contribution is -0.123. The second-order valence-corrected chi connectivity index (χ2v) is 17.2. The number of rotatable bonds is 46. The number of aliphatic hydroxyl groups is 2. The maximum atomic E-state index is 12.4. The molecule has 330 valence electrons. The molecule has 2 unspecified atom stereocenters. The van der Waals surface area contributed by atoms with E-state index in [9.17, 15) is 15.0 Å². The number of unbranched alkanes of at least 4 members (excludes halogenated alkanes) is 35. The van der Waals surface area contributed by atoms with Crippen LogP contribution in [-0.2, 0) is 4.79 Å². The SMILES string of the molecule is CCCCCCC/C=C\C/C=C\CCCCCCCCCCCC(=O)NC(CO)C(O)/C=C/CCCCCCCCCCCCCCCCCCCCCCC. The third kappa shape index (κ3) is 43.7. The summed E-state index contributed by atoms with van der Waals surface area (Å²) in [5.41, 5.74) is 0. The fourth-order valence-electron chi connectivity index (χ4n) is 7.74. The molecule has 56 heavy (non-hydrogen) atoms. The van der Waals surface area contributed by atoms with Gasteiger partial charge < -0.3 is 15.5 Å². The predicted octanol–water partition coefficient (Wildman–Crippen LogP) is 16.1. The third-order valence-corrected chi connectivity index (χ3v) is 11.6. The van der Waals surface area contributed by atoms with Crippen LogP contribution in [0.2, 0.25) is 0 Å².